The van der Waals surface area contributed by atoms with Crippen molar-refractivity contribution in [2.45, 2.75) is 19.6 Å². The molecule has 0 atom stereocenters. The lowest BCUT2D eigenvalue weighted by Gasteiger charge is -2.27. The molecule has 3 aromatic rings. The van der Waals surface area contributed by atoms with Gasteiger partial charge < -0.3 is 10.2 Å². The molecule has 4 rings (SSSR count). The average Bonchev–Trinajstić information content (AvgIpc) is 3.16. The van der Waals surface area contributed by atoms with Crippen molar-refractivity contribution in [3.63, 3.8) is 0 Å². The first-order valence-corrected chi connectivity index (χ1v) is 9.04. The van der Waals surface area contributed by atoms with Crippen LogP contribution in [0.15, 0.2) is 60.7 Å². The third-order valence-electron chi connectivity index (χ3n) is 4.68. The van der Waals surface area contributed by atoms with Crippen molar-refractivity contribution >= 4 is 11.8 Å². The van der Waals surface area contributed by atoms with Crippen molar-refractivity contribution in [3.8, 4) is 0 Å². The van der Waals surface area contributed by atoms with Crippen LogP contribution in [0.3, 0.4) is 0 Å². The number of hydrogen-bond donors (Lipinski definition) is 1. The third-order valence-corrected chi connectivity index (χ3v) is 4.68. The Morgan fingerprint density at radius 3 is 2.54 bits per heavy atom. The maximum Gasteiger partial charge on any atom is 0.272 e. The number of fused-ring (bicyclic) bond motifs is 1. The lowest BCUT2D eigenvalue weighted by Crippen LogP contribution is -2.39. The largest absolute Gasteiger partial charge is 0.347 e. The standard InChI is InChI=1S/C21H19FN4O2/c22-17-8-6-15(7-9-17)13-23-20(27)18-12-19-21(28)25(10-11-26(19)24-18)14-16-4-2-1-3-5-16/h1-9,12H,10-11,13-14H2,(H,23,27). The number of rotatable bonds is 5. The Morgan fingerprint density at radius 2 is 1.79 bits per heavy atom. The highest BCUT2D eigenvalue weighted by molar-refractivity contribution is 5.98. The van der Waals surface area contributed by atoms with Gasteiger partial charge in [-0.15, -0.1) is 0 Å². The third kappa shape index (κ3) is 3.78. The van der Waals surface area contributed by atoms with E-state index in [4.69, 9.17) is 0 Å². The monoisotopic (exact) mass is 378 g/mol. The van der Waals surface area contributed by atoms with Crippen molar-refractivity contribution in [3.05, 3.63) is 89.0 Å². The minimum Gasteiger partial charge on any atom is -0.347 e. The van der Waals surface area contributed by atoms with E-state index in [2.05, 4.69) is 10.4 Å². The number of amides is 2. The Labute approximate surface area is 161 Å². The van der Waals surface area contributed by atoms with Gasteiger partial charge in [0.05, 0.1) is 6.54 Å². The van der Waals surface area contributed by atoms with Crippen LogP contribution in [0.2, 0.25) is 0 Å². The van der Waals surface area contributed by atoms with E-state index in [1.165, 1.54) is 18.2 Å². The second kappa shape index (κ2) is 7.64. The Hall–Kier alpha value is -3.48. The van der Waals surface area contributed by atoms with Gasteiger partial charge in [-0.05, 0) is 23.3 Å². The first kappa shape index (κ1) is 17.9. The van der Waals surface area contributed by atoms with E-state index in [9.17, 15) is 14.0 Å². The molecular formula is C21H19FN4O2. The first-order chi connectivity index (χ1) is 13.6. The number of hydrogen-bond acceptors (Lipinski definition) is 3. The van der Waals surface area contributed by atoms with Crippen LogP contribution in [-0.4, -0.2) is 33.0 Å². The quantitative estimate of drug-likeness (QED) is 0.742. The SMILES string of the molecule is O=C(NCc1ccc(F)cc1)c1cc2n(n1)CCN(Cc1ccccc1)C2=O. The molecule has 1 N–H and O–H groups in total. The molecule has 1 aliphatic heterocycles. The molecule has 0 saturated heterocycles. The maximum atomic E-state index is 13.0. The van der Waals surface area contributed by atoms with E-state index >= 15 is 0 Å². The number of aromatic nitrogens is 2. The van der Waals surface area contributed by atoms with Gasteiger partial charge in [0, 0.05) is 25.7 Å². The summed E-state index contributed by atoms with van der Waals surface area (Å²) in [6.07, 6.45) is 0. The maximum absolute atomic E-state index is 13.0. The molecule has 1 aromatic heterocycles. The van der Waals surface area contributed by atoms with Crippen LogP contribution in [-0.2, 0) is 19.6 Å². The van der Waals surface area contributed by atoms with Gasteiger partial charge in [0.1, 0.15) is 11.5 Å². The Morgan fingerprint density at radius 1 is 1.04 bits per heavy atom. The van der Waals surface area contributed by atoms with E-state index in [0.29, 0.717) is 25.3 Å². The summed E-state index contributed by atoms with van der Waals surface area (Å²) in [5.74, 6) is -0.829. The highest BCUT2D eigenvalue weighted by Gasteiger charge is 2.27. The zero-order valence-corrected chi connectivity index (χ0v) is 15.1. The molecule has 0 bridgehead atoms. The zero-order chi connectivity index (χ0) is 19.5. The molecule has 2 amide bonds. The Balaban J connectivity index is 1.43. The number of carbonyl (C=O) groups is 2. The molecule has 2 heterocycles. The van der Waals surface area contributed by atoms with Crippen molar-refractivity contribution < 1.29 is 14.0 Å². The fraction of sp³-hybridized carbons (Fsp3) is 0.190. The lowest BCUT2D eigenvalue weighted by molar-refractivity contribution is 0.0683. The molecule has 142 valence electrons. The minimum atomic E-state index is -0.367. The molecule has 0 spiro atoms. The molecule has 0 unspecified atom stereocenters. The molecule has 1 aliphatic rings. The fourth-order valence-electron chi connectivity index (χ4n) is 3.18. The zero-order valence-electron chi connectivity index (χ0n) is 15.1. The fourth-order valence-corrected chi connectivity index (χ4v) is 3.18. The minimum absolute atomic E-state index is 0.139. The van der Waals surface area contributed by atoms with Gasteiger partial charge in [-0.2, -0.15) is 5.10 Å². The number of benzene rings is 2. The van der Waals surface area contributed by atoms with Crippen LogP contribution in [0.1, 0.15) is 32.1 Å². The van der Waals surface area contributed by atoms with Gasteiger partial charge in [-0.3, -0.25) is 14.3 Å². The van der Waals surface area contributed by atoms with Crippen LogP contribution in [0, 0.1) is 5.82 Å². The summed E-state index contributed by atoms with van der Waals surface area (Å²) in [7, 11) is 0. The first-order valence-electron chi connectivity index (χ1n) is 9.04. The van der Waals surface area contributed by atoms with E-state index in [0.717, 1.165) is 11.1 Å². The van der Waals surface area contributed by atoms with Crippen LogP contribution < -0.4 is 5.32 Å². The van der Waals surface area contributed by atoms with Gasteiger partial charge in [-0.1, -0.05) is 42.5 Å². The van der Waals surface area contributed by atoms with Crippen LogP contribution in [0.25, 0.3) is 0 Å². The second-order valence-electron chi connectivity index (χ2n) is 6.66. The van der Waals surface area contributed by atoms with Crippen molar-refractivity contribution in [2.24, 2.45) is 0 Å². The highest BCUT2D eigenvalue weighted by Crippen LogP contribution is 2.16. The van der Waals surface area contributed by atoms with Crippen molar-refractivity contribution in [1.82, 2.24) is 20.0 Å². The van der Waals surface area contributed by atoms with Crippen molar-refractivity contribution in [2.75, 3.05) is 6.54 Å². The summed E-state index contributed by atoms with van der Waals surface area (Å²) in [5.41, 5.74) is 2.45. The summed E-state index contributed by atoms with van der Waals surface area (Å²) in [6, 6.07) is 17.2. The smallest absolute Gasteiger partial charge is 0.272 e. The molecular weight excluding hydrogens is 359 g/mol. The Kier molecular flexibility index (Phi) is 4.89. The summed E-state index contributed by atoms with van der Waals surface area (Å²) >= 11 is 0. The molecule has 28 heavy (non-hydrogen) atoms. The lowest BCUT2D eigenvalue weighted by atomic mass is 10.2. The van der Waals surface area contributed by atoms with E-state index in [1.807, 2.05) is 30.3 Å². The normalized spacial score (nSPS) is 13.3. The number of nitrogens with zero attached hydrogens (tertiary/aromatic N) is 3. The molecule has 0 radical (unpaired) electrons. The van der Waals surface area contributed by atoms with E-state index in [-0.39, 0.29) is 29.9 Å². The topological polar surface area (TPSA) is 67.2 Å². The molecule has 7 heteroatoms. The highest BCUT2D eigenvalue weighted by atomic mass is 19.1. The van der Waals surface area contributed by atoms with Gasteiger partial charge in [-0.25, -0.2) is 4.39 Å². The predicted molar refractivity (Wildman–Crippen MR) is 101 cm³/mol. The molecule has 0 fully saturated rings. The number of halogens is 1. The van der Waals surface area contributed by atoms with Crippen LogP contribution in [0.5, 0.6) is 0 Å². The van der Waals surface area contributed by atoms with Gasteiger partial charge >= 0.3 is 0 Å². The summed E-state index contributed by atoms with van der Waals surface area (Å²) in [4.78, 5) is 26.9. The molecule has 0 saturated carbocycles. The summed E-state index contributed by atoms with van der Waals surface area (Å²) in [5, 5.41) is 7.01. The van der Waals surface area contributed by atoms with E-state index < -0.39 is 0 Å². The predicted octanol–water partition coefficient (Wildman–Crippen LogP) is 2.61. The summed E-state index contributed by atoms with van der Waals surface area (Å²) < 4.78 is 14.5. The Bertz CT molecular complexity index is 999. The molecule has 2 aromatic carbocycles. The van der Waals surface area contributed by atoms with Crippen LogP contribution in [0.4, 0.5) is 4.39 Å². The molecule has 0 aliphatic carbocycles. The average molecular weight is 378 g/mol. The van der Waals surface area contributed by atoms with Gasteiger partial charge in [0.2, 0.25) is 0 Å². The van der Waals surface area contributed by atoms with Gasteiger partial charge in [0.15, 0.2) is 5.69 Å². The summed E-state index contributed by atoms with van der Waals surface area (Å²) in [6.45, 7) is 1.87. The van der Waals surface area contributed by atoms with E-state index in [1.54, 1.807) is 21.7 Å². The second-order valence-corrected chi connectivity index (χ2v) is 6.66. The van der Waals surface area contributed by atoms with Crippen LogP contribution >= 0.6 is 0 Å². The number of nitrogens with one attached hydrogen (secondary N) is 1. The van der Waals surface area contributed by atoms with Crippen molar-refractivity contribution in [1.29, 1.82) is 0 Å². The number of carbonyl (C=O) groups excluding carboxylic acids is 2. The van der Waals surface area contributed by atoms with Gasteiger partial charge in [0.25, 0.3) is 11.8 Å². The molecule has 6 nitrogen and oxygen atoms in total.